The van der Waals surface area contributed by atoms with Crippen LogP contribution in [0, 0.1) is 5.82 Å². The maximum atomic E-state index is 13.3. The summed E-state index contributed by atoms with van der Waals surface area (Å²) >= 11 is 0. The molecule has 0 radical (unpaired) electrons. The summed E-state index contributed by atoms with van der Waals surface area (Å²) in [5.41, 5.74) is -0.0702. The standard InChI is InChI=1S/C16H17FN2O2/c17-12-8-4-7-11(9-12)13-15(20)18-14(19-16(13)21)10-5-2-1-3-6-10/h4,7-10H,1-3,5-6H2,(H2,18,19,20,21). The molecular formula is C16H17FN2O2. The summed E-state index contributed by atoms with van der Waals surface area (Å²) in [6.45, 7) is 0. The van der Waals surface area contributed by atoms with E-state index in [0.717, 1.165) is 25.7 Å². The summed E-state index contributed by atoms with van der Waals surface area (Å²) < 4.78 is 13.3. The van der Waals surface area contributed by atoms with Crippen molar-refractivity contribution in [3.63, 3.8) is 0 Å². The third-order valence-electron chi connectivity index (χ3n) is 4.02. The number of halogens is 1. The molecule has 1 saturated carbocycles. The number of hydrogen-bond donors (Lipinski definition) is 2. The number of rotatable bonds is 2. The maximum absolute atomic E-state index is 13.3. The van der Waals surface area contributed by atoms with Crippen molar-refractivity contribution in [2.45, 2.75) is 38.0 Å². The van der Waals surface area contributed by atoms with E-state index in [9.17, 15) is 14.3 Å². The monoisotopic (exact) mass is 288 g/mol. The molecule has 3 rings (SSSR count). The molecule has 1 aromatic heterocycles. The number of benzene rings is 1. The van der Waals surface area contributed by atoms with Gasteiger partial charge in [0.2, 0.25) is 5.88 Å². The molecule has 5 heteroatoms. The lowest BCUT2D eigenvalue weighted by atomic mass is 9.88. The van der Waals surface area contributed by atoms with Gasteiger partial charge in [0.05, 0.1) is 0 Å². The minimum atomic E-state index is -0.456. The fourth-order valence-corrected chi connectivity index (χ4v) is 2.95. The van der Waals surface area contributed by atoms with Crippen LogP contribution >= 0.6 is 0 Å². The molecule has 1 fully saturated rings. The Morgan fingerprint density at radius 1 is 1.24 bits per heavy atom. The Morgan fingerprint density at radius 2 is 2.00 bits per heavy atom. The molecule has 1 aromatic carbocycles. The quantitative estimate of drug-likeness (QED) is 0.890. The second-order valence-electron chi connectivity index (χ2n) is 5.50. The molecule has 0 bridgehead atoms. The molecule has 0 atom stereocenters. The smallest absolute Gasteiger partial charge is 0.262 e. The van der Waals surface area contributed by atoms with Gasteiger partial charge in [-0.3, -0.25) is 4.79 Å². The van der Waals surface area contributed by atoms with Crippen LogP contribution in [0.4, 0.5) is 4.39 Å². The Labute approximate surface area is 121 Å². The van der Waals surface area contributed by atoms with Crippen LogP contribution in [0.2, 0.25) is 0 Å². The Hall–Kier alpha value is -2.17. The summed E-state index contributed by atoms with van der Waals surface area (Å²) in [7, 11) is 0. The molecule has 2 N–H and O–H groups in total. The summed E-state index contributed by atoms with van der Waals surface area (Å²) in [5, 5.41) is 10.1. The van der Waals surface area contributed by atoms with Crippen LogP contribution in [0.5, 0.6) is 5.88 Å². The number of nitrogens with zero attached hydrogens (tertiary/aromatic N) is 1. The van der Waals surface area contributed by atoms with Crippen LogP contribution in [0.1, 0.15) is 43.8 Å². The first-order valence-corrected chi connectivity index (χ1v) is 7.24. The lowest BCUT2D eigenvalue weighted by molar-refractivity contribution is 0.410. The largest absolute Gasteiger partial charge is 0.493 e. The van der Waals surface area contributed by atoms with Crippen molar-refractivity contribution in [3.8, 4) is 17.0 Å². The molecule has 0 spiro atoms. The van der Waals surface area contributed by atoms with Crippen molar-refractivity contribution in [2.75, 3.05) is 0 Å². The summed E-state index contributed by atoms with van der Waals surface area (Å²) in [5.74, 6) is -0.0520. The molecule has 0 amide bonds. The summed E-state index contributed by atoms with van der Waals surface area (Å²) in [6, 6.07) is 5.58. The van der Waals surface area contributed by atoms with Crippen molar-refractivity contribution < 1.29 is 9.50 Å². The lowest BCUT2D eigenvalue weighted by Gasteiger charge is -2.20. The van der Waals surface area contributed by atoms with E-state index in [1.165, 1.54) is 24.6 Å². The van der Waals surface area contributed by atoms with Gasteiger partial charge in [0.25, 0.3) is 5.56 Å². The molecule has 2 aromatic rings. The van der Waals surface area contributed by atoms with Crippen molar-refractivity contribution in [3.05, 3.63) is 46.3 Å². The van der Waals surface area contributed by atoms with E-state index < -0.39 is 11.4 Å². The average molecular weight is 288 g/mol. The number of nitrogens with one attached hydrogen (secondary N) is 1. The van der Waals surface area contributed by atoms with Crippen LogP contribution in [-0.4, -0.2) is 15.1 Å². The molecular weight excluding hydrogens is 271 g/mol. The first kappa shape index (κ1) is 13.8. The lowest BCUT2D eigenvalue weighted by Crippen LogP contribution is -2.18. The number of hydrogen-bond acceptors (Lipinski definition) is 3. The van der Waals surface area contributed by atoms with Crippen molar-refractivity contribution >= 4 is 0 Å². The molecule has 110 valence electrons. The number of aromatic nitrogens is 2. The molecule has 1 aliphatic rings. The van der Waals surface area contributed by atoms with Crippen LogP contribution in [0.3, 0.4) is 0 Å². The van der Waals surface area contributed by atoms with E-state index in [2.05, 4.69) is 9.97 Å². The SMILES string of the molecule is O=c1[nH]c(C2CCCCC2)nc(O)c1-c1cccc(F)c1. The van der Waals surface area contributed by atoms with E-state index in [1.54, 1.807) is 6.07 Å². The third-order valence-corrected chi connectivity index (χ3v) is 4.02. The topological polar surface area (TPSA) is 66.0 Å². The number of aromatic amines is 1. The predicted octanol–water partition coefficient (Wildman–Crippen LogP) is 3.33. The Bertz CT molecular complexity index is 706. The highest BCUT2D eigenvalue weighted by Gasteiger charge is 2.21. The zero-order valence-corrected chi connectivity index (χ0v) is 11.6. The molecule has 4 nitrogen and oxygen atoms in total. The fraction of sp³-hybridized carbons (Fsp3) is 0.375. The molecule has 0 unspecified atom stereocenters. The zero-order valence-electron chi connectivity index (χ0n) is 11.6. The van der Waals surface area contributed by atoms with E-state index in [4.69, 9.17) is 0 Å². The van der Waals surface area contributed by atoms with Gasteiger partial charge in [0.15, 0.2) is 0 Å². The van der Waals surface area contributed by atoms with Gasteiger partial charge in [-0.25, -0.2) is 4.39 Å². The van der Waals surface area contributed by atoms with Crippen molar-refractivity contribution in [1.29, 1.82) is 0 Å². The van der Waals surface area contributed by atoms with Crippen LogP contribution in [-0.2, 0) is 0 Å². The highest BCUT2D eigenvalue weighted by Crippen LogP contribution is 2.32. The number of aromatic hydroxyl groups is 1. The fourth-order valence-electron chi connectivity index (χ4n) is 2.95. The van der Waals surface area contributed by atoms with Gasteiger partial charge in [-0.15, -0.1) is 0 Å². The Balaban J connectivity index is 2.02. The van der Waals surface area contributed by atoms with Crippen LogP contribution < -0.4 is 5.56 Å². The first-order chi connectivity index (χ1) is 10.1. The van der Waals surface area contributed by atoms with Crippen molar-refractivity contribution in [1.82, 2.24) is 9.97 Å². The minimum absolute atomic E-state index is 0.0223. The minimum Gasteiger partial charge on any atom is -0.493 e. The highest BCUT2D eigenvalue weighted by molar-refractivity contribution is 5.67. The van der Waals surface area contributed by atoms with Gasteiger partial charge in [0, 0.05) is 5.92 Å². The van der Waals surface area contributed by atoms with Crippen LogP contribution in [0.25, 0.3) is 11.1 Å². The summed E-state index contributed by atoms with van der Waals surface area (Å²) in [6.07, 6.45) is 5.37. The second-order valence-corrected chi connectivity index (χ2v) is 5.50. The van der Waals surface area contributed by atoms with Gasteiger partial charge >= 0.3 is 0 Å². The molecule has 1 aliphatic carbocycles. The van der Waals surface area contributed by atoms with E-state index >= 15 is 0 Å². The molecule has 0 saturated heterocycles. The zero-order chi connectivity index (χ0) is 14.8. The van der Waals surface area contributed by atoms with Crippen molar-refractivity contribution in [2.24, 2.45) is 0 Å². The molecule has 0 aliphatic heterocycles. The van der Waals surface area contributed by atoms with Gasteiger partial charge in [-0.05, 0) is 30.5 Å². The molecule has 1 heterocycles. The first-order valence-electron chi connectivity index (χ1n) is 7.24. The van der Waals surface area contributed by atoms with E-state index in [-0.39, 0.29) is 17.4 Å². The van der Waals surface area contributed by atoms with Gasteiger partial charge in [-0.2, -0.15) is 4.98 Å². The third kappa shape index (κ3) is 2.82. The normalized spacial score (nSPS) is 16.0. The van der Waals surface area contributed by atoms with Gasteiger partial charge < -0.3 is 10.1 Å². The van der Waals surface area contributed by atoms with Gasteiger partial charge in [-0.1, -0.05) is 31.4 Å². The average Bonchev–Trinajstić information content (AvgIpc) is 2.47. The maximum Gasteiger partial charge on any atom is 0.262 e. The predicted molar refractivity (Wildman–Crippen MR) is 77.7 cm³/mol. The second kappa shape index (κ2) is 5.68. The summed E-state index contributed by atoms with van der Waals surface area (Å²) in [4.78, 5) is 19.1. The Morgan fingerprint density at radius 3 is 2.67 bits per heavy atom. The van der Waals surface area contributed by atoms with Gasteiger partial charge in [0.1, 0.15) is 17.2 Å². The van der Waals surface area contributed by atoms with E-state index in [0.29, 0.717) is 11.4 Å². The highest BCUT2D eigenvalue weighted by atomic mass is 19.1. The number of H-pyrrole nitrogens is 1. The molecule has 21 heavy (non-hydrogen) atoms. The van der Waals surface area contributed by atoms with E-state index in [1.807, 2.05) is 0 Å². The van der Waals surface area contributed by atoms with Crippen LogP contribution in [0.15, 0.2) is 29.1 Å². The Kier molecular flexibility index (Phi) is 3.73.